The number of H-pyrrole nitrogens is 1. The fourth-order valence-corrected chi connectivity index (χ4v) is 0.913. The van der Waals surface area contributed by atoms with Crippen LogP contribution in [0.3, 0.4) is 0 Å². The predicted octanol–water partition coefficient (Wildman–Crippen LogP) is 1.28. The normalized spacial score (nSPS) is 11.2. The molecular formula is C10H14FN3O2. The Bertz CT molecular complexity index is 454. The number of nitrogens with zero attached hydrogens (tertiary/aromatic N) is 1. The highest BCUT2D eigenvalue weighted by Gasteiger charge is 2.26. The predicted molar refractivity (Wildman–Crippen MR) is 57.5 cm³/mol. The molecule has 0 fully saturated rings. The van der Waals surface area contributed by atoms with Gasteiger partial charge in [0.1, 0.15) is 0 Å². The minimum absolute atomic E-state index is 0.244. The molecular weight excluding hydrogens is 213 g/mol. The van der Waals surface area contributed by atoms with Gasteiger partial charge in [0.05, 0.1) is 6.20 Å². The molecule has 0 atom stereocenters. The van der Waals surface area contributed by atoms with E-state index in [0.717, 1.165) is 6.20 Å². The zero-order chi connectivity index (χ0) is 12.3. The molecule has 0 aliphatic rings. The molecule has 16 heavy (non-hydrogen) atoms. The van der Waals surface area contributed by atoms with Gasteiger partial charge in [0, 0.05) is 5.41 Å². The van der Waals surface area contributed by atoms with E-state index in [9.17, 15) is 14.0 Å². The standard InChI is InChI=1S/C10H14FN3O2/c1-4-10(2,3)8(15)13-7-6(11)5-12-9(16)14-7/h5H,4H2,1-3H3,(H2,12,13,14,15,16). The first kappa shape index (κ1) is 12.4. The number of rotatable bonds is 3. The van der Waals surface area contributed by atoms with Crippen LogP contribution in [0, 0.1) is 11.2 Å². The largest absolute Gasteiger partial charge is 0.346 e. The number of aromatic amines is 1. The fourth-order valence-electron chi connectivity index (χ4n) is 0.913. The highest BCUT2D eigenvalue weighted by atomic mass is 19.1. The summed E-state index contributed by atoms with van der Waals surface area (Å²) in [6, 6.07) is 0. The van der Waals surface area contributed by atoms with Crippen LogP contribution < -0.4 is 11.0 Å². The van der Waals surface area contributed by atoms with Gasteiger partial charge in [0.15, 0.2) is 11.6 Å². The Morgan fingerprint density at radius 3 is 2.81 bits per heavy atom. The minimum atomic E-state index is -0.764. The quantitative estimate of drug-likeness (QED) is 0.816. The van der Waals surface area contributed by atoms with E-state index in [1.54, 1.807) is 13.8 Å². The van der Waals surface area contributed by atoms with E-state index < -0.39 is 16.9 Å². The van der Waals surface area contributed by atoms with Crippen molar-refractivity contribution in [3.63, 3.8) is 0 Å². The summed E-state index contributed by atoms with van der Waals surface area (Å²) in [4.78, 5) is 27.9. The molecule has 5 nitrogen and oxygen atoms in total. The van der Waals surface area contributed by atoms with Gasteiger partial charge >= 0.3 is 5.69 Å². The Labute approximate surface area is 92.1 Å². The number of hydrogen-bond donors (Lipinski definition) is 2. The zero-order valence-electron chi connectivity index (χ0n) is 9.43. The summed E-state index contributed by atoms with van der Waals surface area (Å²) in [5, 5.41) is 2.33. The van der Waals surface area contributed by atoms with Crippen LogP contribution in [0.2, 0.25) is 0 Å². The average molecular weight is 227 g/mol. The van der Waals surface area contributed by atoms with Gasteiger partial charge in [-0.3, -0.25) is 9.78 Å². The molecule has 6 heteroatoms. The number of anilines is 1. The van der Waals surface area contributed by atoms with Crippen molar-refractivity contribution in [1.29, 1.82) is 0 Å². The highest BCUT2D eigenvalue weighted by Crippen LogP contribution is 2.21. The highest BCUT2D eigenvalue weighted by molar-refractivity contribution is 5.93. The van der Waals surface area contributed by atoms with Crippen LogP contribution in [-0.4, -0.2) is 15.9 Å². The van der Waals surface area contributed by atoms with Crippen LogP contribution in [0.15, 0.2) is 11.0 Å². The third kappa shape index (κ3) is 2.65. The molecule has 1 rings (SSSR count). The number of amides is 1. The van der Waals surface area contributed by atoms with Crippen LogP contribution in [0.1, 0.15) is 27.2 Å². The van der Waals surface area contributed by atoms with Crippen molar-refractivity contribution in [1.82, 2.24) is 9.97 Å². The lowest BCUT2D eigenvalue weighted by molar-refractivity contribution is -0.124. The molecule has 0 aromatic carbocycles. The molecule has 1 heterocycles. The third-order valence-electron chi connectivity index (χ3n) is 2.50. The summed E-state index contributed by atoms with van der Waals surface area (Å²) in [7, 11) is 0. The lowest BCUT2D eigenvalue weighted by Gasteiger charge is -2.21. The van der Waals surface area contributed by atoms with Crippen LogP contribution in [0.5, 0.6) is 0 Å². The fraction of sp³-hybridized carbons (Fsp3) is 0.500. The average Bonchev–Trinajstić information content (AvgIpc) is 2.23. The van der Waals surface area contributed by atoms with E-state index in [4.69, 9.17) is 0 Å². The van der Waals surface area contributed by atoms with Crippen molar-refractivity contribution in [2.75, 3.05) is 5.32 Å². The lowest BCUT2D eigenvalue weighted by Crippen LogP contribution is -2.31. The van der Waals surface area contributed by atoms with Crippen molar-refractivity contribution in [2.45, 2.75) is 27.2 Å². The monoisotopic (exact) mass is 227 g/mol. The summed E-state index contributed by atoms with van der Waals surface area (Å²) in [5.74, 6) is -1.36. The molecule has 0 radical (unpaired) electrons. The summed E-state index contributed by atoms with van der Waals surface area (Å²) >= 11 is 0. The Balaban J connectivity index is 2.93. The van der Waals surface area contributed by atoms with Crippen LogP contribution >= 0.6 is 0 Å². The molecule has 1 aromatic rings. The number of carbonyl (C=O) groups excluding carboxylic acids is 1. The number of carbonyl (C=O) groups is 1. The minimum Gasteiger partial charge on any atom is -0.309 e. The van der Waals surface area contributed by atoms with Gasteiger partial charge < -0.3 is 5.32 Å². The second-order valence-electron chi connectivity index (χ2n) is 4.10. The van der Waals surface area contributed by atoms with Crippen molar-refractivity contribution >= 4 is 11.7 Å². The maximum Gasteiger partial charge on any atom is 0.346 e. The SMILES string of the molecule is CCC(C)(C)C(=O)Nc1[nH]c(=O)ncc1F. The molecule has 1 aromatic heterocycles. The first-order chi connectivity index (χ1) is 7.36. The summed E-state index contributed by atoms with van der Waals surface area (Å²) < 4.78 is 13.2. The molecule has 0 aliphatic heterocycles. The maximum atomic E-state index is 13.2. The first-order valence-electron chi connectivity index (χ1n) is 4.93. The van der Waals surface area contributed by atoms with Gasteiger partial charge in [-0.05, 0) is 6.42 Å². The Morgan fingerprint density at radius 2 is 2.25 bits per heavy atom. The van der Waals surface area contributed by atoms with Gasteiger partial charge in [-0.25, -0.2) is 9.18 Å². The Hall–Kier alpha value is -1.72. The molecule has 0 bridgehead atoms. The third-order valence-corrected chi connectivity index (χ3v) is 2.50. The van der Waals surface area contributed by atoms with Crippen LogP contribution in [0.25, 0.3) is 0 Å². The van der Waals surface area contributed by atoms with Crippen molar-refractivity contribution in [3.8, 4) is 0 Å². The summed E-state index contributed by atoms with van der Waals surface area (Å²) in [5.41, 5.74) is -1.32. The van der Waals surface area contributed by atoms with E-state index in [1.807, 2.05) is 6.92 Å². The van der Waals surface area contributed by atoms with Crippen molar-refractivity contribution < 1.29 is 9.18 Å². The Kier molecular flexibility index (Phi) is 3.41. The molecule has 0 saturated carbocycles. The van der Waals surface area contributed by atoms with Crippen molar-refractivity contribution in [3.05, 3.63) is 22.5 Å². The number of halogens is 1. The van der Waals surface area contributed by atoms with Crippen molar-refractivity contribution in [2.24, 2.45) is 5.41 Å². The summed E-state index contributed by atoms with van der Waals surface area (Å²) in [6.45, 7) is 5.32. The number of nitrogens with one attached hydrogen (secondary N) is 2. The second kappa shape index (κ2) is 4.42. The Morgan fingerprint density at radius 1 is 1.62 bits per heavy atom. The molecule has 0 spiro atoms. The second-order valence-corrected chi connectivity index (χ2v) is 4.10. The molecule has 0 unspecified atom stereocenters. The van der Waals surface area contributed by atoms with Gasteiger partial charge in [-0.15, -0.1) is 0 Å². The van der Waals surface area contributed by atoms with E-state index in [1.165, 1.54) is 0 Å². The van der Waals surface area contributed by atoms with E-state index in [0.29, 0.717) is 6.42 Å². The zero-order valence-corrected chi connectivity index (χ0v) is 9.43. The molecule has 0 saturated heterocycles. The van der Waals surface area contributed by atoms with Gasteiger partial charge in [-0.2, -0.15) is 4.98 Å². The molecule has 1 amide bonds. The first-order valence-corrected chi connectivity index (χ1v) is 4.93. The van der Waals surface area contributed by atoms with E-state index in [-0.39, 0.29) is 11.7 Å². The summed E-state index contributed by atoms with van der Waals surface area (Å²) in [6.07, 6.45) is 1.38. The van der Waals surface area contributed by atoms with E-state index in [2.05, 4.69) is 15.3 Å². The maximum absolute atomic E-state index is 13.2. The molecule has 0 aliphatic carbocycles. The van der Waals surface area contributed by atoms with Crippen LogP contribution in [-0.2, 0) is 4.79 Å². The van der Waals surface area contributed by atoms with Gasteiger partial charge in [0.25, 0.3) is 0 Å². The number of aromatic nitrogens is 2. The van der Waals surface area contributed by atoms with Crippen LogP contribution in [0.4, 0.5) is 10.2 Å². The van der Waals surface area contributed by atoms with Gasteiger partial charge in [0.2, 0.25) is 5.91 Å². The van der Waals surface area contributed by atoms with Gasteiger partial charge in [-0.1, -0.05) is 20.8 Å². The smallest absolute Gasteiger partial charge is 0.309 e. The molecule has 88 valence electrons. The lowest BCUT2D eigenvalue weighted by atomic mass is 9.89. The molecule has 2 N–H and O–H groups in total. The topological polar surface area (TPSA) is 74.8 Å². The van der Waals surface area contributed by atoms with E-state index >= 15 is 0 Å². The number of hydrogen-bond acceptors (Lipinski definition) is 3.